The molecule has 3 N–H and O–H groups in total. The molecule has 130 valence electrons. The molecule has 24 heavy (non-hydrogen) atoms. The van der Waals surface area contributed by atoms with E-state index in [1.54, 1.807) is 6.33 Å². The van der Waals surface area contributed by atoms with Crippen molar-refractivity contribution < 1.29 is 0 Å². The van der Waals surface area contributed by atoms with E-state index in [4.69, 9.17) is 12.2 Å². The first-order valence-electron chi connectivity index (χ1n) is 7.81. The molecule has 0 aromatic carbocycles. The van der Waals surface area contributed by atoms with Crippen molar-refractivity contribution in [2.45, 2.75) is 18.4 Å². The first kappa shape index (κ1) is 19.1. The lowest BCUT2D eigenvalue weighted by Crippen LogP contribution is -2.37. The van der Waals surface area contributed by atoms with Crippen LogP contribution in [-0.2, 0) is 11.5 Å². The molecular formula is C16H23N5S3. The molecule has 0 radical (unpaired) electrons. The summed E-state index contributed by atoms with van der Waals surface area (Å²) in [7, 11) is 0. The minimum atomic E-state index is 0.727. The van der Waals surface area contributed by atoms with Gasteiger partial charge in [0.05, 0.1) is 17.7 Å². The summed E-state index contributed by atoms with van der Waals surface area (Å²) in [6.07, 6.45) is 3.58. The van der Waals surface area contributed by atoms with E-state index in [2.05, 4.69) is 31.7 Å². The summed E-state index contributed by atoms with van der Waals surface area (Å²) in [5, 5.41) is 7.20. The first-order valence-corrected chi connectivity index (χ1v) is 10.5. The van der Waals surface area contributed by atoms with Crippen molar-refractivity contribution in [1.29, 1.82) is 0 Å². The number of pyridine rings is 1. The van der Waals surface area contributed by atoms with Gasteiger partial charge in [-0.1, -0.05) is 6.07 Å². The molecule has 0 spiro atoms. The zero-order valence-electron chi connectivity index (χ0n) is 13.7. The highest BCUT2D eigenvalue weighted by Crippen LogP contribution is 2.11. The van der Waals surface area contributed by atoms with Gasteiger partial charge in [-0.15, -0.1) is 0 Å². The molecule has 0 saturated carbocycles. The molecule has 0 aliphatic heterocycles. The predicted octanol–water partition coefficient (Wildman–Crippen LogP) is 2.74. The summed E-state index contributed by atoms with van der Waals surface area (Å²) >= 11 is 8.98. The number of H-pyrrole nitrogens is 1. The van der Waals surface area contributed by atoms with E-state index in [9.17, 15) is 0 Å². The maximum Gasteiger partial charge on any atom is 0.166 e. The lowest BCUT2D eigenvalue weighted by molar-refractivity contribution is 0.891. The molecule has 2 heterocycles. The van der Waals surface area contributed by atoms with Crippen molar-refractivity contribution in [2.75, 3.05) is 24.6 Å². The molecule has 8 heteroatoms. The number of aryl methyl sites for hydroxylation is 1. The maximum atomic E-state index is 5.28. The van der Waals surface area contributed by atoms with Crippen LogP contribution in [0.1, 0.15) is 17.1 Å². The lowest BCUT2D eigenvalue weighted by atomic mass is 10.4. The number of nitrogens with zero attached hydrogens (tertiary/aromatic N) is 2. The van der Waals surface area contributed by atoms with E-state index in [-0.39, 0.29) is 0 Å². The minimum absolute atomic E-state index is 0.727. The van der Waals surface area contributed by atoms with Crippen LogP contribution in [0.3, 0.4) is 0 Å². The summed E-state index contributed by atoms with van der Waals surface area (Å²) in [5.41, 5.74) is 3.40. The Morgan fingerprint density at radius 1 is 1.12 bits per heavy atom. The molecule has 2 rings (SSSR count). The Morgan fingerprint density at radius 2 is 1.88 bits per heavy atom. The van der Waals surface area contributed by atoms with Crippen molar-refractivity contribution in [3.63, 3.8) is 0 Å². The number of aromatic amines is 1. The first-order chi connectivity index (χ1) is 11.8. The van der Waals surface area contributed by atoms with E-state index in [1.165, 1.54) is 0 Å². The fourth-order valence-electron chi connectivity index (χ4n) is 1.90. The smallest absolute Gasteiger partial charge is 0.166 e. The van der Waals surface area contributed by atoms with Gasteiger partial charge in [-0.25, -0.2) is 4.98 Å². The monoisotopic (exact) mass is 381 g/mol. The van der Waals surface area contributed by atoms with Gasteiger partial charge in [0, 0.05) is 48.0 Å². The van der Waals surface area contributed by atoms with Gasteiger partial charge < -0.3 is 15.6 Å². The van der Waals surface area contributed by atoms with Crippen molar-refractivity contribution in [1.82, 2.24) is 25.6 Å². The zero-order valence-corrected chi connectivity index (χ0v) is 16.2. The van der Waals surface area contributed by atoms with E-state index in [0.29, 0.717) is 0 Å². The van der Waals surface area contributed by atoms with Crippen LogP contribution in [0.5, 0.6) is 0 Å². The lowest BCUT2D eigenvalue weighted by Gasteiger charge is -2.10. The van der Waals surface area contributed by atoms with Crippen LogP contribution in [0, 0.1) is 6.92 Å². The van der Waals surface area contributed by atoms with Gasteiger partial charge in [-0.3, -0.25) is 4.98 Å². The summed E-state index contributed by atoms with van der Waals surface area (Å²) in [4.78, 5) is 11.7. The SMILES string of the molecule is Cc1[nH]cnc1CSCCNC(=S)NCCSCc1ccccn1. The van der Waals surface area contributed by atoms with Gasteiger partial charge in [0.2, 0.25) is 0 Å². The standard InChI is InChI=1S/C16H23N5S3/c1-13-15(21-12-20-13)11-24-9-7-19-16(22)18-6-8-23-10-14-4-2-3-5-17-14/h2-5,12H,6-11H2,1H3,(H,20,21)(H2,18,19,22). The highest BCUT2D eigenvalue weighted by atomic mass is 32.2. The second-order valence-corrected chi connectivity index (χ2v) is 7.70. The van der Waals surface area contributed by atoms with Crippen LogP contribution in [0.2, 0.25) is 0 Å². The largest absolute Gasteiger partial charge is 0.362 e. The summed E-state index contributed by atoms with van der Waals surface area (Å²) in [6.45, 7) is 3.77. The Hall–Kier alpha value is -1.25. The number of imidazole rings is 1. The predicted molar refractivity (Wildman–Crippen MR) is 108 cm³/mol. The van der Waals surface area contributed by atoms with E-state index in [1.807, 2.05) is 48.8 Å². The van der Waals surface area contributed by atoms with Crippen LogP contribution in [0.4, 0.5) is 0 Å². The highest BCUT2D eigenvalue weighted by Gasteiger charge is 2.01. The van der Waals surface area contributed by atoms with Gasteiger partial charge in [0.25, 0.3) is 0 Å². The number of hydrogen-bond donors (Lipinski definition) is 3. The van der Waals surface area contributed by atoms with Crippen LogP contribution >= 0.6 is 35.7 Å². The Bertz CT molecular complexity index is 603. The molecule has 0 aliphatic carbocycles. The molecular weight excluding hydrogens is 358 g/mol. The number of nitrogens with one attached hydrogen (secondary N) is 3. The van der Waals surface area contributed by atoms with E-state index < -0.39 is 0 Å². The average Bonchev–Trinajstić information content (AvgIpc) is 3.00. The second-order valence-electron chi connectivity index (χ2n) is 5.08. The van der Waals surface area contributed by atoms with Gasteiger partial charge in [0.15, 0.2) is 5.11 Å². The fraction of sp³-hybridized carbons (Fsp3) is 0.438. The molecule has 0 bridgehead atoms. The van der Waals surface area contributed by atoms with E-state index >= 15 is 0 Å². The normalized spacial score (nSPS) is 10.5. The van der Waals surface area contributed by atoms with Crippen LogP contribution in [-0.4, -0.2) is 44.7 Å². The van der Waals surface area contributed by atoms with Crippen molar-refractivity contribution >= 4 is 40.9 Å². The summed E-state index contributed by atoms with van der Waals surface area (Å²) < 4.78 is 0. The molecule has 0 amide bonds. The Morgan fingerprint density at radius 3 is 2.50 bits per heavy atom. The molecule has 5 nitrogen and oxygen atoms in total. The Kier molecular flexibility index (Phi) is 9.01. The molecule has 0 aliphatic rings. The Labute approximate surface area is 157 Å². The topological polar surface area (TPSA) is 65.6 Å². The summed E-state index contributed by atoms with van der Waals surface area (Å²) in [6, 6.07) is 6.01. The molecule has 0 saturated heterocycles. The third-order valence-electron chi connectivity index (χ3n) is 3.21. The average molecular weight is 382 g/mol. The van der Waals surface area contributed by atoms with Crippen molar-refractivity contribution in [3.05, 3.63) is 47.8 Å². The number of rotatable bonds is 10. The number of aromatic nitrogens is 3. The van der Waals surface area contributed by atoms with Gasteiger partial charge in [-0.2, -0.15) is 23.5 Å². The summed E-state index contributed by atoms with van der Waals surface area (Å²) in [5.74, 6) is 3.88. The van der Waals surface area contributed by atoms with Crippen molar-refractivity contribution in [2.24, 2.45) is 0 Å². The van der Waals surface area contributed by atoms with E-state index in [0.717, 1.165) is 58.3 Å². The van der Waals surface area contributed by atoms with Gasteiger partial charge in [0.1, 0.15) is 0 Å². The second kappa shape index (κ2) is 11.3. The van der Waals surface area contributed by atoms with Crippen LogP contribution in [0.15, 0.2) is 30.7 Å². The zero-order chi connectivity index (χ0) is 17.0. The number of thiocarbonyl (C=S) groups is 1. The maximum absolute atomic E-state index is 5.28. The van der Waals surface area contributed by atoms with Crippen LogP contribution < -0.4 is 10.6 Å². The minimum Gasteiger partial charge on any atom is -0.362 e. The number of hydrogen-bond acceptors (Lipinski definition) is 5. The Balaban J connectivity index is 1.43. The third-order valence-corrected chi connectivity index (χ3v) is 5.46. The fourth-order valence-corrected chi connectivity index (χ4v) is 3.75. The van der Waals surface area contributed by atoms with Gasteiger partial charge >= 0.3 is 0 Å². The molecule has 0 atom stereocenters. The van der Waals surface area contributed by atoms with Crippen molar-refractivity contribution in [3.8, 4) is 0 Å². The molecule has 0 unspecified atom stereocenters. The molecule has 0 fully saturated rings. The third kappa shape index (κ3) is 7.55. The number of thioether (sulfide) groups is 2. The quantitative estimate of drug-likeness (QED) is 0.432. The van der Waals surface area contributed by atoms with Crippen LogP contribution in [0.25, 0.3) is 0 Å². The van der Waals surface area contributed by atoms with Gasteiger partial charge in [-0.05, 0) is 31.3 Å². The highest BCUT2D eigenvalue weighted by molar-refractivity contribution is 7.98. The molecule has 2 aromatic heterocycles. The molecule has 2 aromatic rings.